The monoisotopic (exact) mass is 491 g/mol. The molecule has 11 heteroatoms. The van der Waals surface area contributed by atoms with Crippen LogP contribution < -0.4 is 15.5 Å². The minimum Gasteiger partial charge on any atom is -0.397 e. The Kier molecular flexibility index (Phi) is 5.42. The molecule has 180 valence electrons. The van der Waals surface area contributed by atoms with Crippen molar-refractivity contribution in [1.82, 2.24) is 29.9 Å². The molecule has 1 aromatic carbocycles. The molecule has 0 saturated carbocycles. The summed E-state index contributed by atoms with van der Waals surface area (Å²) in [6.07, 6.45) is 4.61. The van der Waals surface area contributed by atoms with E-state index >= 15 is 0 Å². The van der Waals surface area contributed by atoms with Gasteiger partial charge in [-0.3, -0.25) is 0 Å². The SMILES string of the molecule is Cc1nc(C)nc(N2CCc3c([nH]c4cc(N)c(Cl)cc34)C2c2cnc(N3CCOCC3)nc2)n1. The van der Waals surface area contributed by atoms with Crippen LogP contribution in [0.5, 0.6) is 0 Å². The van der Waals surface area contributed by atoms with E-state index in [2.05, 4.69) is 29.7 Å². The maximum absolute atomic E-state index is 6.38. The van der Waals surface area contributed by atoms with Gasteiger partial charge in [0.05, 0.1) is 23.9 Å². The largest absolute Gasteiger partial charge is 0.397 e. The number of aromatic amines is 1. The van der Waals surface area contributed by atoms with Gasteiger partial charge < -0.3 is 25.3 Å². The van der Waals surface area contributed by atoms with Crippen molar-refractivity contribution in [3.05, 3.63) is 58.0 Å². The highest BCUT2D eigenvalue weighted by molar-refractivity contribution is 6.34. The molecule has 1 fully saturated rings. The highest BCUT2D eigenvalue weighted by Crippen LogP contribution is 2.41. The van der Waals surface area contributed by atoms with Gasteiger partial charge >= 0.3 is 0 Å². The number of benzene rings is 1. The predicted octanol–water partition coefficient (Wildman–Crippen LogP) is 2.98. The van der Waals surface area contributed by atoms with Crippen LogP contribution in [0.25, 0.3) is 10.9 Å². The lowest BCUT2D eigenvalue weighted by Crippen LogP contribution is -2.39. The number of aromatic nitrogens is 6. The molecule has 2 aliphatic heterocycles. The number of nitrogens with two attached hydrogens (primary N) is 1. The van der Waals surface area contributed by atoms with E-state index in [1.54, 1.807) is 0 Å². The molecule has 10 nitrogen and oxygen atoms in total. The first kappa shape index (κ1) is 22.0. The van der Waals surface area contributed by atoms with Gasteiger partial charge in [-0.1, -0.05) is 11.6 Å². The number of morpholine rings is 1. The number of hydrogen-bond acceptors (Lipinski definition) is 9. The molecule has 1 unspecified atom stereocenters. The van der Waals surface area contributed by atoms with Crippen LogP contribution in [-0.4, -0.2) is 62.8 Å². The summed E-state index contributed by atoms with van der Waals surface area (Å²) in [4.78, 5) is 31.1. The lowest BCUT2D eigenvalue weighted by Gasteiger charge is -2.36. The number of aryl methyl sites for hydroxylation is 2. The van der Waals surface area contributed by atoms with Crippen LogP contribution in [0.15, 0.2) is 24.5 Å². The Balaban J connectivity index is 1.48. The smallest absolute Gasteiger partial charge is 0.229 e. The average molecular weight is 492 g/mol. The first-order valence-electron chi connectivity index (χ1n) is 11.7. The molecule has 4 aromatic rings. The zero-order valence-electron chi connectivity index (χ0n) is 19.6. The number of rotatable bonds is 3. The highest BCUT2D eigenvalue weighted by atomic mass is 35.5. The van der Waals surface area contributed by atoms with E-state index in [1.165, 1.54) is 5.56 Å². The van der Waals surface area contributed by atoms with Gasteiger partial charge in [-0.2, -0.15) is 9.97 Å². The minimum absolute atomic E-state index is 0.203. The molecule has 6 rings (SSSR count). The molecule has 0 radical (unpaired) electrons. The van der Waals surface area contributed by atoms with Crippen molar-refractivity contribution < 1.29 is 4.74 Å². The van der Waals surface area contributed by atoms with Crippen LogP contribution in [-0.2, 0) is 11.2 Å². The second-order valence-electron chi connectivity index (χ2n) is 8.93. The van der Waals surface area contributed by atoms with Gasteiger partial charge in [-0.05, 0) is 38.0 Å². The third-order valence-electron chi connectivity index (χ3n) is 6.62. The Morgan fingerprint density at radius 2 is 1.71 bits per heavy atom. The lowest BCUT2D eigenvalue weighted by molar-refractivity contribution is 0.122. The maximum Gasteiger partial charge on any atom is 0.229 e. The molecule has 0 bridgehead atoms. The van der Waals surface area contributed by atoms with Gasteiger partial charge in [0, 0.05) is 54.2 Å². The van der Waals surface area contributed by atoms with Crippen molar-refractivity contribution in [3.63, 3.8) is 0 Å². The Morgan fingerprint density at radius 3 is 2.43 bits per heavy atom. The molecule has 0 aliphatic carbocycles. The first-order chi connectivity index (χ1) is 17.0. The van der Waals surface area contributed by atoms with Crippen molar-refractivity contribution in [2.24, 2.45) is 0 Å². The lowest BCUT2D eigenvalue weighted by atomic mass is 9.94. The van der Waals surface area contributed by atoms with Gasteiger partial charge in [-0.15, -0.1) is 0 Å². The van der Waals surface area contributed by atoms with Gasteiger partial charge in [0.25, 0.3) is 0 Å². The number of nitrogens with one attached hydrogen (secondary N) is 1. The number of anilines is 3. The zero-order valence-corrected chi connectivity index (χ0v) is 20.4. The number of nitrogen functional groups attached to an aromatic ring is 1. The second kappa shape index (κ2) is 8.62. The number of ether oxygens (including phenoxy) is 1. The van der Waals surface area contributed by atoms with Gasteiger partial charge in [0.1, 0.15) is 17.7 Å². The number of H-pyrrole nitrogens is 1. The summed E-state index contributed by atoms with van der Waals surface area (Å²) < 4.78 is 5.46. The normalized spacial score (nSPS) is 18.2. The van der Waals surface area contributed by atoms with Crippen molar-refractivity contribution in [2.45, 2.75) is 26.3 Å². The molecule has 3 aromatic heterocycles. The van der Waals surface area contributed by atoms with Gasteiger partial charge in [0.15, 0.2) is 0 Å². The minimum atomic E-state index is -0.203. The molecule has 3 N–H and O–H groups in total. The van der Waals surface area contributed by atoms with Crippen molar-refractivity contribution >= 4 is 40.1 Å². The fourth-order valence-electron chi connectivity index (χ4n) is 5.02. The number of nitrogens with zero attached hydrogens (tertiary/aromatic N) is 7. The van der Waals surface area contributed by atoms with E-state index in [-0.39, 0.29) is 6.04 Å². The first-order valence-corrected chi connectivity index (χ1v) is 12.1. The summed E-state index contributed by atoms with van der Waals surface area (Å²) in [6.45, 7) is 7.43. The van der Waals surface area contributed by atoms with Gasteiger partial charge in [-0.25, -0.2) is 15.0 Å². The fourth-order valence-corrected chi connectivity index (χ4v) is 5.18. The van der Waals surface area contributed by atoms with Crippen molar-refractivity contribution in [3.8, 4) is 0 Å². The summed E-state index contributed by atoms with van der Waals surface area (Å²) in [5.41, 5.74) is 10.8. The standard InChI is InChI=1S/C24H26ClN9O/c1-13-29-14(2)31-24(30-13)34-4-3-16-17-9-18(25)19(26)10-20(17)32-21(16)22(34)15-11-27-23(28-12-15)33-5-7-35-8-6-33/h9-12,22,32H,3-8,26H2,1-2H3. The highest BCUT2D eigenvalue weighted by Gasteiger charge is 2.34. The Bertz CT molecular complexity index is 1380. The summed E-state index contributed by atoms with van der Waals surface area (Å²) in [5, 5.41) is 1.64. The van der Waals surface area contributed by atoms with E-state index in [0.717, 1.165) is 48.2 Å². The maximum atomic E-state index is 6.38. The zero-order chi connectivity index (χ0) is 24.1. The van der Waals surface area contributed by atoms with E-state index in [0.29, 0.717) is 47.5 Å². The summed E-state index contributed by atoms with van der Waals surface area (Å²) in [6, 6.07) is 3.64. The van der Waals surface area contributed by atoms with E-state index in [1.807, 2.05) is 38.4 Å². The molecular formula is C24H26ClN9O. The topological polar surface area (TPSA) is 122 Å². The van der Waals surface area contributed by atoms with Crippen LogP contribution in [0.3, 0.4) is 0 Å². The van der Waals surface area contributed by atoms with Crippen LogP contribution in [0.4, 0.5) is 17.6 Å². The van der Waals surface area contributed by atoms with Crippen LogP contribution in [0.2, 0.25) is 5.02 Å². The molecule has 2 aliphatic rings. The van der Waals surface area contributed by atoms with E-state index in [9.17, 15) is 0 Å². The third-order valence-corrected chi connectivity index (χ3v) is 6.94. The Morgan fingerprint density at radius 1 is 1.00 bits per heavy atom. The van der Waals surface area contributed by atoms with Gasteiger partial charge in [0.2, 0.25) is 11.9 Å². The summed E-state index contributed by atoms with van der Waals surface area (Å²) in [5.74, 6) is 2.72. The van der Waals surface area contributed by atoms with E-state index in [4.69, 9.17) is 32.0 Å². The van der Waals surface area contributed by atoms with Crippen molar-refractivity contribution in [2.75, 3.05) is 48.4 Å². The molecule has 0 spiro atoms. The molecule has 1 saturated heterocycles. The predicted molar refractivity (Wildman–Crippen MR) is 135 cm³/mol. The number of halogens is 1. The van der Waals surface area contributed by atoms with E-state index < -0.39 is 0 Å². The Labute approximate surface area is 207 Å². The summed E-state index contributed by atoms with van der Waals surface area (Å²) >= 11 is 6.38. The van der Waals surface area contributed by atoms with Crippen LogP contribution in [0, 0.1) is 13.8 Å². The molecule has 0 amide bonds. The molecule has 5 heterocycles. The van der Waals surface area contributed by atoms with Crippen LogP contribution >= 0.6 is 11.6 Å². The average Bonchev–Trinajstić information content (AvgIpc) is 3.21. The Hall–Kier alpha value is -3.50. The second-order valence-corrected chi connectivity index (χ2v) is 9.34. The molecule has 35 heavy (non-hydrogen) atoms. The summed E-state index contributed by atoms with van der Waals surface area (Å²) in [7, 11) is 0. The fraction of sp³-hybridized carbons (Fsp3) is 0.375. The quantitative estimate of drug-likeness (QED) is 0.416. The number of hydrogen-bond donors (Lipinski definition) is 2. The van der Waals surface area contributed by atoms with Crippen molar-refractivity contribution in [1.29, 1.82) is 0 Å². The molecular weight excluding hydrogens is 466 g/mol. The molecule has 1 atom stereocenters. The third kappa shape index (κ3) is 3.92. The van der Waals surface area contributed by atoms with Crippen LogP contribution in [0.1, 0.15) is 34.5 Å². The number of fused-ring (bicyclic) bond motifs is 3.